The third-order valence-corrected chi connectivity index (χ3v) is 3.15. The lowest BCUT2D eigenvalue weighted by Crippen LogP contribution is -2.16. The van der Waals surface area contributed by atoms with Crippen LogP contribution < -0.4 is 11.1 Å². The van der Waals surface area contributed by atoms with Crippen LogP contribution in [0.3, 0.4) is 0 Å². The van der Waals surface area contributed by atoms with Crippen molar-refractivity contribution >= 4 is 17.3 Å². The van der Waals surface area contributed by atoms with Crippen molar-refractivity contribution in [3.8, 4) is 0 Å². The second kappa shape index (κ2) is 5.57. The number of para-hydroxylation sites is 2. The number of nitrogens with two attached hydrogens (primary N) is 1. The van der Waals surface area contributed by atoms with Crippen molar-refractivity contribution in [2.24, 2.45) is 0 Å². The fourth-order valence-corrected chi connectivity index (χ4v) is 2.06. The Kier molecular flexibility index (Phi) is 3.85. The van der Waals surface area contributed by atoms with Crippen molar-refractivity contribution in [2.75, 3.05) is 11.1 Å². The molecule has 0 aliphatic heterocycles. The van der Waals surface area contributed by atoms with Crippen LogP contribution >= 0.6 is 0 Å². The summed E-state index contributed by atoms with van der Waals surface area (Å²) in [5.41, 5.74) is 10.4. The molecule has 2 aromatic rings. The number of benzene rings is 2. The van der Waals surface area contributed by atoms with Gasteiger partial charge in [0.2, 0.25) is 5.91 Å². The number of anilines is 2. The van der Waals surface area contributed by atoms with Crippen molar-refractivity contribution in [1.29, 1.82) is 0 Å². The van der Waals surface area contributed by atoms with Crippen LogP contribution in [0.1, 0.15) is 16.7 Å². The Hall–Kier alpha value is -2.29. The third-order valence-electron chi connectivity index (χ3n) is 3.15. The maximum Gasteiger partial charge on any atom is 0.228 e. The summed E-state index contributed by atoms with van der Waals surface area (Å²) in [4.78, 5) is 12.1. The SMILES string of the molecule is Cc1cccc(C)c1NC(=O)Cc1ccccc1N. The molecule has 0 bridgehead atoms. The predicted molar refractivity (Wildman–Crippen MR) is 79.1 cm³/mol. The number of carbonyl (C=O) groups excluding carboxylic acids is 1. The minimum atomic E-state index is -0.0460. The molecule has 0 saturated carbocycles. The van der Waals surface area contributed by atoms with Gasteiger partial charge < -0.3 is 11.1 Å². The second-order valence-corrected chi connectivity index (χ2v) is 4.69. The summed E-state index contributed by atoms with van der Waals surface area (Å²) in [6, 6.07) is 13.4. The summed E-state index contributed by atoms with van der Waals surface area (Å²) >= 11 is 0. The topological polar surface area (TPSA) is 55.1 Å². The molecule has 0 heterocycles. The standard InChI is InChI=1S/C16H18N2O/c1-11-6-5-7-12(2)16(11)18-15(19)10-13-8-3-4-9-14(13)17/h3-9H,10,17H2,1-2H3,(H,18,19). The lowest BCUT2D eigenvalue weighted by molar-refractivity contribution is -0.115. The Balaban J connectivity index is 2.12. The molecule has 98 valence electrons. The molecular formula is C16H18N2O. The highest BCUT2D eigenvalue weighted by Gasteiger charge is 2.09. The van der Waals surface area contributed by atoms with Gasteiger partial charge in [-0.1, -0.05) is 36.4 Å². The molecule has 3 N–H and O–H groups in total. The van der Waals surface area contributed by atoms with Crippen molar-refractivity contribution in [1.82, 2.24) is 0 Å². The molecule has 19 heavy (non-hydrogen) atoms. The van der Waals surface area contributed by atoms with Gasteiger partial charge in [0.1, 0.15) is 0 Å². The van der Waals surface area contributed by atoms with Crippen LogP contribution in [-0.4, -0.2) is 5.91 Å². The molecule has 3 nitrogen and oxygen atoms in total. The Morgan fingerprint density at radius 2 is 1.68 bits per heavy atom. The average molecular weight is 254 g/mol. The van der Waals surface area contributed by atoms with E-state index in [0.29, 0.717) is 12.1 Å². The van der Waals surface area contributed by atoms with Crippen molar-refractivity contribution < 1.29 is 4.79 Å². The molecule has 0 spiro atoms. The van der Waals surface area contributed by atoms with Gasteiger partial charge in [0.15, 0.2) is 0 Å². The number of amides is 1. The number of rotatable bonds is 3. The zero-order valence-corrected chi connectivity index (χ0v) is 11.2. The van der Waals surface area contributed by atoms with Crippen LogP contribution in [0.5, 0.6) is 0 Å². The normalized spacial score (nSPS) is 10.2. The van der Waals surface area contributed by atoms with Crippen LogP contribution in [-0.2, 0) is 11.2 Å². The van der Waals surface area contributed by atoms with Gasteiger partial charge in [-0.05, 0) is 36.6 Å². The molecule has 2 rings (SSSR count). The van der Waals surface area contributed by atoms with Gasteiger partial charge in [-0.3, -0.25) is 4.79 Å². The van der Waals surface area contributed by atoms with E-state index in [0.717, 1.165) is 22.4 Å². The van der Waals surface area contributed by atoms with Gasteiger partial charge in [0.05, 0.1) is 6.42 Å². The van der Waals surface area contributed by atoms with Gasteiger partial charge >= 0.3 is 0 Å². The number of nitrogens with one attached hydrogen (secondary N) is 1. The second-order valence-electron chi connectivity index (χ2n) is 4.69. The summed E-state index contributed by atoms with van der Waals surface area (Å²) in [5, 5.41) is 2.96. The highest BCUT2D eigenvalue weighted by molar-refractivity contribution is 5.94. The van der Waals surface area contributed by atoms with E-state index >= 15 is 0 Å². The van der Waals surface area contributed by atoms with Crippen LogP contribution in [0.25, 0.3) is 0 Å². The van der Waals surface area contributed by atoms with Gasteiger partial charge in [-0.15, -0.1) is 0 Å². The first-order chi connectivity index (χ1) is 9.08. The fraction of sp³-hybridized carbons (Fsp3) is 0.188. The molecule has 0 aliphatic carbocycles. The molecule has 0 atom stereocenters. The zero-order chi connectivity index (χ0) is 13.8. The van der Waals surface area contributed by atoms with E-state index in [1.54, 1.807) is 0 Å². The maximum atomic E-state index is 12.1. The smallest absolute Gasteiger partial charge is 0.228 e. The summed E-state index contributed by atoms with van der Waals surface area (Å²) < 4.78 is 0. The quantitative estimate of drug-likeness (QED) is 0.827. The van der Waals surface area contributed by atoms with Crippen molar-refractivity contribution in [3.63, 3.8) is 0 Å². The number of aryl methyl sites for hydroxylation is 2. The number of hydrogen-bond donors (Lipinski definition) is 2. The predicted octanol–water partition coefficient (Wildman–Crippen LogP) is 3.07. The Morgan fingerprint density at radius 1 is 1.05 bits per heavy atom. The van der Waals surface area contributed by atoms with Gasteiger partial charge in [-0.25, -0.2) is 0 Å². The van der Waals surface area contributed by atoms with Gasteiger partial charge in [-0.2, -0.15) is 0 Å². The minimum absolute atomic E-state index is 0.0460. The van der Waals surface area contributed by atoms with Crippen LogP contribution in [0.4, 0.5) is 11.4 Å². The molecule has 0 saturated heterocycles. The molecule has 0 unspecified atom stereocenters. The first-order valence-corrected chi connectivity index (χ1v) is 6.27. The zero-order valence-electron chi connectivity index (χ0n) is 11.2. The van der Waals surface area contributed by atoms with Crippen molar-refractivity contribution in [3.05, 3.63) is 59.2 Å². The molecule has 0 fully saturated rings. The Bertz CT molecular complexity index is 585. The minimum Gasteiger partial charge on any atom is -0.398 e. The van der Waals surface area contributed by atoms with Crippen molar-refractivity contribution in [2.45, 2.75) is 20.3 Å². The van der Waals surface area contributed by atoms with E-state index in [4.69, 9.17) is 5.73 Å². The lowest BCUT2D eigenvalue weighted by Gasteiger charge is -2.12. The summed E-state index contributed by atoms with van der Waals surface area (Å²) in [5.74, 6) is -0.0460. The van der Waals surface area contributed by atoms with Crippen LogP contribution in [0.15, 0.2) is 42.5 Å². The maximum absolute atomic E-state index is 12.1. The highest BCUT2D eigenvalue weighted by Crippen LogP contribution is 2.20. The Morgan fingerprint density at radius 3 is 2.32 bits per heavy atom. The first kappa shape index (κ1) is 13.1. The number of nitrogen functional groups attached to an aromatic ring is 1. The van der Waals surface area contributed by atoms with Gasteiger partial charge in [0.25, 0.3) is 0 Å². The van der Waals surface area contributed by atoms with Gasteiger partial charge in [0, 0.05) is 11.4 Å². The average Bonchev–Trinajstić information content (AvgIpc) is 2.37. The molecule has 0 aliphatic rings. The summed E-state index contributed by atoms with van der Waals surface area (Å²) in [6.07, 6.45) is 0.292. The lowest BCUT2D eigenvalue weighted by atomic mass is 10.1. The molecule has 0 radical (unpaired) electrons. The summed E-state index contributed by atoms with van der Waals surface area (Å²) in [6.45, 7) is 3.97. The molecule has 3 heteroatoms. The van der Waals surface area contributed by atoms with E-state index in [1.807, 2.05) is 56.3 Å². The molecular weight excluding hydrogens is 236 g/mol. The number of carbonyl (C=O) groups is 1. The summed E-state index contributed by atoms with van der Waals surface area (Å²) in [7, 11) is 0. The Labute approximate surface area is 113 Å². The molecule has 1 amide bonds. The van der Waals surface area contributed by atoms with Crippen LogP contribution in [0.2, 0.25) is 0 Å². The molecule has 2 aromatic carbocycles. The fourth-order valence-electron chi connectivity index (χ4n) is 2.06. The highest BCUT2D eigenvalue weighted by atomic mass is 16.1. The van der Waals surface area contributed by atoms with Crippen LogP contribution in [0, 0.1) is 13.8 Å². The van der Waals surface area contributed by atoms with E-state index in [2.05, 4.69) is 5.32 Å². The number of hydrogen-bond acceptors (Lipinski definition) is 2. The monoisotopic (exact) mass is 254 g/mol. The van der Waals surface area contributed by atoms with E-state index < -0.39 is 0 Å². The van der Waals surface area contributed by atoms with E-state index in [1.165, 1.54) is 0 Å². The first-order valence-electron chi connectivity index (χ1n) is 6.27. The third kappa shape index (κ3) is 3.13. The van der Waals surface area contributed by atoms with E-state index in [9.17, 15) is 4.79 Å². The van der Waals surface area contributed by atoms with E-state index in [-0.39, 0.29) is 5.91 Å². The largest absolute Gasteiger partial charge is 0.398 e. The molecule has 0 aromatic heterocycles.